The number of esters is 1. The summed E-state index contributed by atoms with van der Waals surface area (Å²) in [4.78, 5) is 48.0. The normalized spacial score (nSPS) is 25.5. The molecule has 2 saturated heterocycles. The number of carbonyl (C=O) groups excluding carboxylic acids is 2. The number of carboxylic acid groups (broad SMARTS) is 1. The zero-order valence-corrected chi connectivity index (χ0v) is 20.9. The Hall–Kier alpha value is -2.26. The lowest BCUT2D eigenvalue weighted by Crippen LogP contribution is -2.53. The first kappa shape index (κ1) is 27.3. The van der Waals surface area contributed by atoms with Crippen LogP contribution in [0.15, 0.2) is 30.3 Å². The van der Waals surface area contributed by atoms with E-state index in [0.29, 0.717) is 25.7 Å². The number of nitrogens with one attached hydrogen (secondary N) is 1. The maximum Gasteiger partial charge on any atom is 0.359 e. The molecular formula is C24H35N2O8P. The molecule has 3 rings (SSSR count). The van der Waals surface area contributed by atoms with Crippen molar-refractivity contribution in [1.82, 2.24) is 10.2 Å². The van der Waals surface area contributed by atoms with E-state index in [1.807, 2.05) is 7.05 Å². The summed E-state index contributed by atoms with van der Waals surface area (Å²) < 4.78 is 24.3. The molecule has 2 aliphatic heterocycles. The number of hydrogen-bond acceptors (Lipinski definition) is 7. The van der Waals surface area contributed by atoms with Crippen LogP contribution in [0.4, 0.5) is 0 Å². The molecule has 0 radical (unpaired) electrons. The van der Waals surface area contributed by atoms with Crippen molar-refractivity contribution < 1.29 is 38.2 Å². The van der Waals surface area contributed by atoms with E-state index < -0.39 is 31.6 Å². The molecule has 3 N–H and O–H groups in total. The van der Waals surface area contributed by atoms with Crippen LogP contribution in [0, 0.1) is 5.92 Å². The predicted octanol–water partition coefficient (Wildman–Crippen LogP) is 2.06. The van der Waals surface area contributed by atoms with Crippen LogP contribution in [0.1, 0.15) is 51.4 Å². The summed E-state index contributed by atoms with van der Waals surface area (Å²) in [6.45, 7) is 0.302. The molecule has 2 bridgehead atoms. The molecule has 3 unspecified atom stereocenters. The average Bonchev–Trinajstić information content (AvgIpc) is 3.04. The number of carboxylic acids is 1. The summed E-state index contributed by atoms with van der Waals surface area (Å²) in [5, 5.41) is 11.3. The van der Waals surface area contributed by atoms with Gasteiger partial charge < -0.3 is 24.6 Å². The highest BCUT2D eigenvalue weighted by Gasteiger charge is 2.51. The third-order valence-corrected chi connectivity index (χ3v) is 8.31. The maximum absolute atomic E-state index is 13.1. The lowest BCUT2D eigenvalue weighted by atomic mass is 9.88. The number of nitrogens with zero attached hydrogens (tertiary/aromatic N) is 1. The first-order chi connectivity index (χ1) is 16.7. The standard InChI is InChI=1S/C24H35N2O8P/c1-26-17-11-12-19(26)23(20(16-17)34-35(31,32)18-8-4-2-5-9-18)24(30)33-15-7-3-6-10-21(27)25-14-13-22(28)29/h2,4-5,8-9,17,19-20,23H,3,6-7,10-16H2,1H3,(H,25,27)(H,28,29)(H,31,32)/t17?,19?,20-,23+/m0/s1. The Morgan fingerprint density at radius 2 is 1.86 bits per heavy atom. The Balaban J connectivity index is 1.48. The highest BCUT2D eigenvalue weighted by molar-refractivity contribution is 7.61. The molecule has 10 nitrogen and oxygen atoms in total. The predicted molar refractivity (Wildman–Crippen MR) is 128 cm³/mol. The number of amides is 1. The summed E-state index contributed by atoms with van der Waals surface area (Å²) in [6.07, 6.45) is 3.52. The van der Waals surface area contributed by atoms with Crippen LogP contribution in [-0.4, -0.2) is 71.1 Å². The summed E-state index contributed by atoms with van der Waals surface area (Å²) >= 11 is 0. The molecule has 0 aliphatic carbocycles. The Morgan fingerprint density at radius 3 is 2.57 bits per heavy atom. The molecule has 1 aromatic carbocycles. The van der Waals surface area contributed by atoms with Crippen molar-refractivity contribution in [3.8, 4) is 0 Å². The maximum atomic E-state index is 13.1. The molecule has 0 aromatic heterocycles. The second-order valence-corrected chi connectivity index (χ2v) is 11.0. The second kappa shape index (κ2) is 12.6. The number of fused-ring (bicyclic) bond motifs is 2. The Morgan fingerprint density at radius 1 is 1.11 bits per heavy atom. The first-order valence-corrected chi connectivity index (χ1v) is 13.7. The summed E-state index contributed by atoms with van der Waals surface area (Å²) in [5.74, 6) is -2.23. The van der Waals surface area contributed by atoms with Crippen molar-refractivity contribution >= 4 is 30.7 Å². The van der Waals surface area contributed by atoms with Gasteiger partial charge in [-0.25, -0.2) is 0 Å². The number of unbranched alkanes of at least 4 members (excludes halogenated alkanes) is 2. The summed E-state index contributed by atoms with van der Waals surface area (Å²) in [5.41, 5.74) is 0. The quantitative estimate of drug-likeness (QED) is 0.206. The Bertz CT molecular complexity index is 927. The minimum Gasteiger partial charge on any atom is -0.481 e. The van der Waals surface area contributed by atoms with E-state index >= 15 is 0 Å². The van der Waals surface area contributed by atoms with Crippen molar-refractivity contribution in [2.75, 3.05) is 20.2 Å². The number of piperidine rings is 1. The van der Waals surface area contributed by atoms with Gasteiger partial charge in [-0.3, -0.25) is 23.8 Å². The summed E-state index contributed by atoms with van der Waals surface area (Å²) in [6, 6.07) is 8.29. The van der Waals surface area contributed by atoms with Crippen LogP contribution < -0.4 is 10.6 Å². The van der Waals surface area contributed by atoms with Crippen LogP contribution in [0.2, 0.25) is 0 Å². The van der Waals surface area contributed by atoms with Gasteiger partial charge in [0.25, 0.3) is 0 Å². The largest absolute Gasteiger partial charge is 0.481 e. The van der Waals surface area contributed by atoms with Crippen molar-refractivity contribution in [1.29, 1.82) is 0 Å². The van der Waals surface area contributed by atoms with Gasteiger partial charge in [-0.15, -0.1) is 0 Å². The monoisotopic (exact) mass is 510 g/mol. The highest BCUT2D eigenvalue weighted by atomic mass is 31.2. The first-order valence-electron chi connectivity index (χ1n) is 12.1. The van der Waals surface area contributed by atoms with Crippen LogP contribution in [0.3, 0.4) is 0 Å². The number of rotatable bonds is 13. The second-order valence-electron chi connectivity index (χ2n) is 9.20. The number of carbonyl (C=O) groups is 3. The molecule has 2 aliphatic rings. The Kier molecular flexibility index (Phi) is 9.86. The van der Waals surface area contributed by atoms with E-state index in [1.54, 1.807) is 30.3 Å². The minimum absolute atomic E-state index is 0.100. The van der Waals surface area contributed by atoms with E-state index in [9.17, 15) is 23.8 Å². The van der Waals surface area contributed by atoms with Gasteiger partial charge in [0.05, 0.1) is 30.4 Å². The van der Waals surface area contributed by atoms with E-state index in [1.165, 1.54) is 0 Å². The average molecular weight is 511 g/mol. The number of hydrogen-bond donors (Lipinski definition) is 3. The van der Waals surface area contributed by atoms with Crippen LogP contribution in [0.5, 0.6) is 0 Å². The van der Waals surface area contributed by atoms with Gasteiger partial charge in [-0.1, -0.05) is 18.2 Å². The molecule has 2 fully saturated rings. The molecule has 2 heterocycles. The zero-order valence-electron chi connectivity index (χ0n) is 20.0. The van der Waals surface area contributed by atoms with Crippen LogP contribution in [-0.2, 0) is 28.2 Å². The van der Waals surface area contributed by atoms with Gasteiger partial charge in [-0.05, 0) is 57.7 Å². The van der Waals surface area contributed by atoms with Gasteiger partial charge >= 0.3 is 19.5 Å². The molecule has 35 heavy (non-hydrogen) atoms. The zero-order chi connectivity index (χ0) is 25.4. The van der Waals surface area contributed by atoms with E-state index in [4.69, 9.17) is 14.4 Å². The Labute approximate surface area is 205 Å². The SMILES string of the molecule is CN1C2CCC1[C@@H](C(=O)OCCCCCC(=O)NCCC(=O)O)[C@@H](OP(=O)(O)c1ccccc1)C2. The lowest BCUT2D eigenvalue weighted by Gasteiger charge is -2.41. The topological polar surface area (TPSA) is 142 Å². The fraction of sp³-hybridized carbons (Fsp3) is 0.625. The molecule has 1 amide bonds. The molecule has 1 aromatic rings. The summed E-state index contributed by atoms with van der Waals surface area (Å²) in [7, 11) is -2.13. The lowest BCUT2D eigenvalue weighted by molar-refractivity contribution is -0.158. The van der Waals surface area contributed by atoms with Crippen molar-refractivity contribution in [3.63, 3.8) is 0 Å². The van der Waals surface area contributed by atoms with E-state index in [2.05, 4.69) is 10.2 Å². The smallest absolute Gasteiger partial charge is 0.359 e. The molecular weight excluding hydrogens is 475 g/mol. The fourth-order valence-electron chi connectivity index (χ4n) is 4.93. The van der Waals surface area contributed by atoms with E-state index in [-0.39, 0.29) is 49.3 Å². The number of aliphatic carboxylic acids is 1. The number of benzene rings is 1. The number of ether oxygens (including phenoxy) is 1. The molecule has 194 valence electrons. The third-order valence-electron chi connectivity index (χ3n) is 6.80. The van der Waals surface area contributed by atoms with Crippen molar-refractivity contribution in [3.05, 3.63) is 30.3 Å². The molecule has 5 atom stereocenters. The van der Waals surface area contributed by atoms with Gasteiger partial charge in [0, 0.05) is 25.0 Å². The van der Waals surface area contributed by atoms with Gasteiger partial charge in [-0.2, -0.15) is 0 Å². The van der Waals surface area contributed by atoms with Gasteiger partial charge in [0.2, 0.25) is 5.91 Å². The van der Waals surface area contributed by atoms with Crippen molar-refractivity contribution in [2.24, 2.45) is 5.92 Å². The fourth-order valence-corrected chi connectivity index (χ4v) is 6.18. The van der Waals surface area contributed by atoms with E-state index in [0.717, 1.165) is 12.8 Å². The molecule has 0 saturated carbocycles. The minimum atomic E-state index is -4.10. The third kappa shape index (κ3) is 7.61. The van der Waals surface area contributed by atoms with Crippen molar-refractivity contribution in [2.45, 2.75) is 69.6 Å². The highest BCUT2D eigenvalue weighted by Crippen LogP contribution is 2.49. The van der Waals surface area contributed by atoms with Gasteiger partial charge in [0.1, 0.15) is 0 Å². The van der Waals surface area contributed by atoms with Gasteiger partial charge in [0.15, 0.2) is 0 Å². The molecule has 11 heteroatoms. The van der Waals surface area contributed by atoms with Crippen LogP contribution >= 0.6 is 7.60 Å². The molecule has 0 spiro atoms. The van der Waals surface area contributed by atoms with Crippen LogP contribution in [0.25, 0.3) is 0 Å².